The number of rotatable bonds is 4. The van der Waals surface area contributed by atoms with E-state index in [2.05, 4.69) is 19.1 Å². The molecule has 0 aliphatic heterocycles. The van der Waals surface area contributed by atoms with Gasteiger partial charge < -0.3 is 0 Å². The number of aryl methyl sites for hydroxylation is 1. The molecule has 3 rings (SSSR count). The number of carbonyl (C=O) groups is 1. The van der Waals surface area contributed by atoms with E-state index in [0.29, 0.717) is 11.2 Å². The molecule has 0 heterocycles. The van der Waals surface area contributed by atoms with Crippen LogP contribution >= 0.6 is 0 Å². The Balaban J connectivity index is 1.58. The number of fused-ring (bicyclic) bond motifs is 1. The van der Waals surface area contributed by atoms with Crippen LogP contribution in [0.25, 0.3) is 0 Å². The van der Waals surface area contributed by atoms with Crippen molar-refractivity contribution in [3.05, 3.63) is 35.9 Å². The summed E-state index contributed by atoms with van der Waals surface area (Å²) in [5.74, 6) is 0.508. The lowest BCUT2D eigenvalue weighted by Crippen LogP contribution is -2.07. The number of carbonyl (C=O) groups excluding carboxylic acids is 1. The van der Waals surface area contributed by atoms with Crippen molar-refractivity contribution < 1.29 is 4.79 Å². The standard InChI is InChI=1S/C14H16O/c1-13-9-14(13,10-13)12(15)8-7-11-5-3-2-4-6-11/h2-6H,7-10H2,1H3. The molecule has 78 valence electrons. The number of ketones is 1. The van der Waals surface area contributed by atoms with Crippen molar-refractivity contribution in [2.75, 3.05) is 0 Å². The second kappa shape index (κ2) is 2.72. The molecule has 0 unspecified atom stereocenters. The lowest BCUT2D eigenvalue weighted by atomic mass is 10.0. The third kappa shape index (κ3) is 1.26. The van der Waals surface area contributed by atoms with Crippen molar-refractivity contribution in [1.29, 1.82) is 0 Å². The molecule has 2 aliphatic carbocycles. The van der Waals surface area contributed by atoms with Crippen LogP contribution in [0, 0.1) is 10.8 Å². The Kier molecular flexibility index (Phi) is 1.66. The minimum atomic E-state index is 0.155. The van der Waals surface area contributed by atoms with Crippen molar-refractivity contribution in [2.24, 2.45) is 10.8 Å². The number of hydrogen-bond donors (Lipinski definition) is 0. The van der Waals surface area contributed by atoms with E-state index in [0.717, 1.165) is 25.7 Å². The molecule has 1 aromatic rings. The van der Waals surface area contributed by atoms with Gasteiger partial charge in [0, 0.05) is 11.8 Å². The Morgan fingerprint density at radius 2 is 1.87 bits per heavy atom. The van der Waals surface area contributed by atoms with Gasteiger partial charge in [-0.1, -0.05) is 37.3 Å². The summed E-state index contributed by atoms with van der Waals surface area (Å²) in [6.45, 7) is 2.24. The molecule has 1 nitrogen and oxygen atoms in total. The summed E-state index contributed by atoms with van der Waals surface area (Å²) < 4.78 is 0. The van der Waals surface area contributed by atoms with Crippen molar-refractivity contribution in [2.45, 2.75) is 32.6 Å². The average molecular weight is 200 g/mol. The van der Waals surface area contributed by atoms with Crippen LogP contribution in [0.15, 0.2) is 30.3 Å². The maximum Gasteiger partial charge on any atom is 0.139 e. The summed E-state index contributed by atoms with van der Waals surface area (Å²) in [5, 5.41) is 0. The van der Waals surface area contributed by atoms with E-state index in [1.165, 1.54) is 5.56 Å². The molecular formula is C14H16O. The van der Waals surface area contributed by atoms with Gasteiger partial charge in [0.1, 0.15) is 5.78 Å². The summed E-state index contributed by atoms with van der Waals surface area (Å²) in [7, 11) is 0. The van der Waals surface area contributed by atoms with Gasteiger partial charge in [0.15, 0.2) is 0 Å². The van der Waals surface area contributed by atoms with Gasteiger partial charge in [0.2, 0.25) is 0 Å². The first-order valence-electron chi connectivity index (χ1n) is 5.74. The quantitative estimate of drug-likeness (QED) is 0.730. The summed E-state index contributed by atoms with van der Waals surface area (Å²) in [5.41, 5.74) is 1.87. The molecule has 0 radical (unpaired) electrons. The molecule has 1 heteroatoms. The van der Waals surface area contributed by atoms with Crippen LogP contribution in [-0.2, 0) is 11.2 Å². The van der Waals surface area contributed by atoms with Crippen LogP contribution in [-0.4, -0.2) is 5.78 Å². The van der Waals surface area contributed by atoms with Crippen LogP contribution < -0.4 is 0 Å². The first-order valence-corrected chi connectivity index (χ1v) is 5.74. The van der Waals surface area contributed by atoms with E-state index in [-0.39, 0.29) is 5.41 Å². The van der Waals surface area contributed by atoms with Crippen LogP contribution in [0.4, 0.5) is 0 Å². The molecule has 0 aromatic heterocycles. The van der Waals surface area contributed by atoms with Gasteiger partial charge >= 0.3 is 0 Å². The lowest BCUT2D eigenvalue weighted by molar-refractivity contribution is -0.122. The molecular weight excluding hydrogens is 184 g/mol. The van der Waals surface area contributed by atoms with Crippen molar-refractivity contribution >= 4 is 5.78 Å². The van der Waals surface area contributed by atoms with Gasteiger partial charge in [0.25, 0.3) is 0 Å². The van der Waals surface area contributed by atoms with Crippen molar-refractivity contribution in [1.82, 2.24) is 0 Å². The fourth-order valence-corrected chi connectivity index (χ4v) is 2.87. The highest BCUT2D eigenvalue weighted by molar-refractivity contribution is 5.93. The van der Waals surface area contributed by atoms with E-state index >= 15 is 0 Å². The highest BCUT2D eigenvalue weighted by Crippen LogP contribution is 2.86. The van der Waals surface area contributed by atoms with Gasteiger partial charge in [-0.3, -0.25) is 4.79 Å². The van der Waals surface area contributed by atoms with Gasteiger partial charge in [-0.25, -0.2) is 0 Å². The van der Waals surface area contributed by atoms with Crippen molar-refractivity contribution in [3.63, 3.8) is 0 Å². The molecule has 0 N–H and O–H groups in total. The predicted octanol–water partition coefficient (Wildman–Crippen LogP) is 2.99. The maximum absolute atomic E-state index is 11.9. The zero-order chi connectivity index (χ0) is 10.5. The normalized spacial score (nSPS) is 35.8. The minimum absolute atomic E-state index is 0.155. The highest BCUT2D eigenvalue weighted by atomic mass is 16.1. The second-order valence-corrected chi connectivity index (χ2v) is 5.41. The second-order valence-electron chi connectivity index (χ2n) is 5.41. The van der Waals surface area contributed by atoms with Crippen LogP contribution in [0.2, 0.25) is 0 Å². The Morgan fingerprint density at radius 1 is 1.27 bits per heavy atom. The monoisotopic (exact) mass is 200 g/mol. The molecule has 0 bridgehead atoms. The number of benzene rings is 1. The zero-order valence-corrected chi connectivity index (χ0v) is 9.12. The largest absolute Gasteiger partial charge is 0.299 e. The fourth-order valence-electron chi connectivity index (χ4n) is 2.87. The van der Waals surface area contributed by atoms with E-state index in [1.54, 1.807) is 0 Å². The van der Waals surface area contributed by atoms with E-state index in [1.807, 2.05) is 18.2 Å². The van der Waals surface area contributed by atoms with Gasteiger partial charge in [-0.2, -0.15) is 0 Å². The molecule has 2 aliphatic rings. The maximum atomic E-state index is 11.9. The predicted molar refractivity (Wildman–Crippen MR) is 59.5 cm³/mol. The zero-order valence-electron chi connectivity index (χ0n) is 9.12. The topological polar surface area (TPSA) is 17.1 Å². The first-order chi connectivity index (χ1) is 7.16. The van der Waals surface area contributed by atoms with E-state index in [4.69, 9.17) is 0 Å². The molecule has 15 heavy (non-hydrogen) atoms. The highest BCUT2D eigenvalue weighted by Gasteiger charge is 2.83. The Bertz CT molecular complexity index is 399. The molecule has 2 saturated carbocycles. The fraction of sp³-hybridized carbons (Fsp3) is 0.500. The number of hydrogen-bond acceptors (Lipinski definition) is 1. The third-order valence-corrected chi connectivity index (χ3v) is 4.31. The number of Topliss-reactive ketones (excluding diaryl/α,β-unsaturated/α-hetero) is 1. The summed E-state index contributed by atoms with van der Waals surface area (Å²) in [6.07, 6.45) is 3.97. The first kappa shape index (κ1) is 9.14. The van der Waals surface area contributed by atoms with E-state index in [9.17, 15) is 4.79 Å². The Hall–Kier alpha value is -1.11. The molecule has 0 spiro atoms. The van der Waals surface area contributed by atoms with Gasteiger partial charge in [-0.05, 0) is 30.2 Å². The molecule has 0 atom stereocenters. The lowest BCUT2D eigenvalue weighted by Gasteiger charge is -2.02. The SMILES string of the molecule is CC12CC1(C(=O)CCc1ccccc1)C2. The minimum Gasteiger partial charge on any atom is -0.299 e. The summed E-state index contributed by atoms with van der Waals surface area (Å²) >= 11 is 0. The Morgan fingerprint density at radius 3 is 2.40 bits per heavy atom. The van der Waals surface area contributed by atoms with Crippen molar-refractivity contribution in [3.8, 4) is 0 Å². The summed E-state index contributed by atoms with van der Waals surface area (Å²) in [6, 6.07) is 10.3. The third-order valence-electron chi connectivity index (χ3n) is 4.31. The Labute approximate surface area is 90.5 Å². The summed E-state index contributed by atoms with van der Waals surface area (Å²) in [4.78, 5) is 11.9. The van der Waals surface area contributed by atoms with Crippen LogP contribution in [0.1, 0.15) is 31.7 Å². The molecule has 0 amide bonds. The molecule has 1 aromatic carbocycles. The van der Waals surface area contributed by atoms with Crippen LogP contribution in [0.5, 0.6) is 0 Å². The molecule has 2 fully saturated rings. The molecule has 0 saturated heterocycles. The average Bonchev–Trinajstić information content (AvgIpc) is 3.01. The van der Waals surface area contributed by atoms with E-state index < -0.39 is 0 Å². The smallest absolute Gasteiger partial charge is 0.139 e. The van der Waals surface area contributed by atoms with Gasteiger partial charge in [0.05, 0.1) is 0 Å². The van der Waals surface area contributed by atoms with Crippen LogP contribution in [0.3, 0.4) is 0 Å². The van der Waals surface area contributed by atoms with Gasteiger partial charge in [-0.15, -0.1) is 0 Å².